The Labute approximate surface area is 237 Å². The van der Waals surface area contributed by atoms with Crippen LogP contribution in [0.25, 0.3) is 17.8 Å². The summed E-state index contributed by atoms with van der Waals surface area (Å²) >= 11 is 0. The molecule has 3 heterocycles. The molecule has 0 spiro atoms. The van der Waals surface area contributed by atoms with Gasteiger partial charge in [-0.25, -0.2) is 20.4 Å². The molecular weight excluding hydrogens is 524 g/mol. The second-order valence-electron chi connectivity index (χ2n) is 9.77. The van der Waals surface area contributed by atoms with Crippen LogP contribution in [0.4, 0.5) is 0 Å². The molecule has 5 rings (SSSR count). The van der Waals surface area contributed by atoms with E-state index in [0.29, 0.717) is 35.8 Å². The lowest BCUT2D eigenvalue weighted by atomic mass is 10.0. The molecule has 2 aliphatic heterocycles. The van der Waals surface area contributed by atoms with Gasteiger partial charge >= 0.3 is 0 Å². The van der Waals surface area contributed by atoms with Gasteiger partial charge in [0.05, 0.1) is 24.1 Å². The first-order valence-electron chi connectivity index (χ1n) is 13.8. The summed E-state index contributed by atoms with van der Waals surface area (Å²) in [4.78, 5) is 28.3. The second-order valence-corrected chi connectivity index (χ2v) is 9.77. The summed E-state index contributed by atoms with van der Waals surface area (Å²) < 4.78 is 11.3. The van der Waals surface area contributed by atoms with E-state index >= 15 is 0 Å². The Morgan fingerprint density at radius 3 is 2.61 bits per heavy atom. The zero-order valence-corrected chi connectivity index (χ0v) is 23.0. The first kappa shape index (κ1) is 28.4. The Kier molecular flexibility index (Phi) is 9.37. The topological polar surface area (TPSA) is 126 Å². The number of rotatable bonds is 8. The molecule has 1 saturated heterocycles. The molecule has 0 radical (unpaired) electrons. The molecule has 1 aromatic carbocycles. The van der Waals surface area contributed by atoms with Gasteiger partial charge in [0.25, 0.3) is 5.91 Å². The number of benzene rings is 1. The predicted molar refractivity (Wildman–Crippen MR) is 154 cm³/mol. The maximum absolute atomic E-state index is 13.4. The molecule has 214 valence electrons. The summed E-state index contributed by atoms with van der Waals surface area (Å²) in [5.41, 5.74) is 5.15. The zero-order valence-electron chi connectivity index (χ0n) is 23.0. The Morgan fingerprint density at radius 2 is 1.90 bits per heavy atom. The molecule has 0 saturated carbocycles. The number of amides is 1. The number of hydrogen-bond acceptors (Lipinski definition) is 9. The van der Waals surface area contributed by atoms with Crippen molar-refractivity contribution < 1.29 is 29.4 Å². The van der Waals surface area contributed by atoms with E-state index in [1.807, 2.05) is 48.6 Å². The molecule has 3 aliphatic rings. The smallest absolute Gasteiger partial charge is 0.279 e. The van der Waals surface area contributed by atoms with Gasteiger partial charge in [-0.3, -0.25) is 15.0 Å². The largest absolute Gasteiger partial charge is 0.494 e. The fourth-order valence-electron chi connectivity index (χ4n) is 4.79. The maximum atomic E-state index is 13.4. The number of hydrogen-bond donors (Lipinski definition) is 3. The third-order valence-corrected chi connectivity index (χ3v) is 6.94. The van der Waals surface area contributed by atoms with Crippen molar-refractivity contribution in [3.63, 3.8) is 0 Å². The maximum Gasteiger partial charge on any atom is 0.279 e. The fraction of sp³-hybridized carbons (Fsp3) is 0.323. The van der Waals surface area contributed by atoms with Crippen LogP contribution in [0.15, 0.2) is 59.8 Å². The zero-order chi connectivity index (χ0) is 28.6. The van der Waals surface area contributed by atoms with Crippen LogP contribution in [-0.4, -0.2) is 65.1 Å². The van der Waals surface area contributed by atoms with Crippen molar-refractivity contribution in [1.82, 2.24) is 15.5 Å². The molecule has 1 amide bonds. The van der Waals surface area contributed by atoms with Gasteiger partial charge < -0.3 is 14.6 Å². The number of unbranched alkanes of at least 4 members (excludes halogenated alkanes) is 1. The molecular formula is C31H34N4O6. The van der Waals surface area contributed by atoms with Crippen molar-refractivity contribution in [2.45, 2.75) is 38.4 Å². The van der Waals surface area contributed by atoms with Crippen molar-refractivity contribution in [2.24, 2.45) is 4.99 Å². The number of nitrogens with one attached hydrogen (secondary N) is 1. The third-order valence-electron chi connectivity index (χ3n) is 6.94. The van der Waals surface area contributed by atoms with E-state index in [0.717, 1.165) is 52.5 Å². The van der Waals surface area contributed by atoms with Gasteiger partial charge in [-0.1, -0.05) is 36.4 Å². The number of pyridine rings is 1. The Morgan fingerprint density at radius 1 is 1.12 bits per heavy atom. The van der Waals surface area contributed by atoms with Crippen LogP contribution in [0.1, 0.15) is 48.2 Å². The number of aliphatic imine (C=N–C) groups is 1. The average Bonchev–Trinajstić information content (AvgIpc) is 3.02. The number of carbonyl (C=O) groups is 1. The Bertz CT molecular complexity index is 1580. The number of carbonyl (C=O) groups excluding carboxylic acids is 1. The molecule has 41 heavy (non-hydrogen) atoms. The number of methoxy groups -OCH3 is 1. The highest BCUT2D eigenvalue weighted by Gasteiger charge is 2.23. The molecule has 1 unspecified atom stereocenters. The minimum Gasteiger partial charge on any atom is -0.494 e. The van der Waals surface area contributed by atoms with E-state index in [1.165, 1.54) is 19.5 Å². The number of hydroxylamine groups is 3. The van der Waals surface area contributed by atoms with E-state index in [2.05, 4.69) is 10.5 Å². The SMILES string of the molecule is COc1c(C(=O)NOC2CCCCO2)c2c(nc1=c1ccc(=C3C=CC(=NCCCCO)C=C3)cc1)C=CN(O)C=2. The van der Waals surface area contributed by atoms with Gasteiger partial charge in [0.2, 0.25) is 0 Å². The van der Waals surface area contributed by atoms with Gasteiger partial charge in [0.15, 0.2) is 12.0 Å². The van der Waals surface area contributed by atoms with E-state index < -0.39 is 12.2 Å². The first-order chi connectivity index (χ1) is 20.1. The van der Waals surface area contributed by atoms with Crippen molar-refractivity contribution in [1.29, 1.82) is 0 Å². The highest BCUT2D eigenvalue weighted by Crippen LogP contribution is 2.20. The van der Waals surface area contributed by atoms with Gasteiger partial charge in [-0.2, -0.15) is 0 Å². The molecule has 0 bridgehead atoms. The predicted octanol–water partition coefficient (Wildman–Crippen LogP) is 2.47. The van der Waals surface area contributed by atoms with Crippen molar-refractivity contribution in [2.75, 3.05) is 26.9 Å². The summed E-state index contributed by atoms with van der Waals surface area (Å²) in [7, 11) is 1.48. The van der Waals surface area contributed by atoms with Crippen LogP contribution in [0, 0.1) is 10.6 Å². The summed E-state index contributed by atoms with van der Waals surface area (Å²) in [6, 6.07) is 7.85. The van der Waals surface area contributed by atoms with Crippen LogP contribution in [-0.2, 0) is 9.57 Å². The molecule has 10 nitrogen and oxygen atoms in total. The van der Waals surface area contributed by atoms with E-state index in [1.54, 1.807) is 6.08 Å². The van der Waals surface area contributed by atoms with Gasteiger partial charge in [-0.15, -0.1) is 0 Å². The van der Waals surface area contributed by atoms with Crippen molar-refractivity contribution >= 4 is 29.5 Å². The summed E-state index contributed by atoms with van der Waals surface area (Å²) in [6.45, 7) is 1.46. The minimum atomic E-state index is -0.533. The number of nitrogens with zero attached hydrogens (tertiary/aromatic N) is 3. The van der Waals surface area contributed by atoms with Crippen molar-refractivity contribution in [3.05, 3.63) is 87.0 Å². The number of aromatic nitrogens is 1. The number of allylic oxidation sites excluding steroid dienone is 4. The monoisotopic (exact) mass is 558 g/mol. The quantitative estimate of drug-likeness (QED) is 0.333. The number of aliphatic hydroxyl groups excluding tert-OH is 1. The van der Waals surface area contributed by atoms with Crippen molar-refractivity contribution in [3.8, 4) is 5.75 Å². The molecule has 1 aliphatic carbocycles. The minimum absolute atomic E-state index is 0.187. The van der Waals surface area contributed by atoms with E-state index in [9.17, 15) is 10.0 Å². The Hall–Kier alpha value is -4.09. The molecule has 1 aromatic heterocycles. The number of aliphatic hydroxyl groups is 1. The number of ether oxygens (including phenoxy) is 2. The van der Waals surface area contributed by atoms with Gasteiger partial charge in [0, 0.05) is 49.0 Å². The highest BCUT2D eigenvalue weighted by atomic mass is 16.8. The van der Waals surface area contributed by atoms with E-state index in [-0.39, 0.29) is 17.9 Å². The highest BCUT2D eigenvalue weighted by molar-refractivity contribution is 6.08. The second kappa shape index (κ2) is 13.5. The standard InChI is InChI=1S/C31H34N4O6/c1-39-30-28(31(37)34-41-27-6-2-5-19-40-27)25-20-35(38)17-15-26(25)33-29(30)23-9-7-21(8-10-23)22-11-13-24(14-12-22)32-16-3-4-18-36/h7-15,17,20,27,36,38H,2-6,16,18-19H2,1H3,(H,34,37). The van der Waals surface area contributed by atoms with Crippen LogP contribution >= 0.6 is 0 Å². The molecule has 2 aromatic rings. The lowest BCUT2D eigenvalue weighted by molar-refractivity contribution is -0.186. The normalized spacial score (nSPS) is 17.7. The Balaban J connectivity index is 1.52. The average molecular weight is 559 g/mol. The molecule has 10 heteroatoms. The van der Waals surface area contributed by atoms with Crippen LogP contribution in [0.3, 0.4) is 0 Å². The van der Waals surface area contributed by atoms with Gasteiger partial charge in [-0.05, 0) is 54.7 Å². The fourth-order valence-corrected chi connectivity index (χ4v) is 4.79. The molecule has 1 atom stereocenters. The summed E-state index contributed by atoms with van der Waals surface area (Å²) in [6.07, 6.45) is 16.2. The lowest BCUT2D eigenvalue weighted by Gasteiger charge is -2.22. The summed E-state index contributed by atoms with van der Waals surface area (Å²) in [5.74, 6) is -0.274. The van der Waals surface area contributed by atoms with E-state index in [4.69, 9.17) is 24.4 Å². The van der Waals surface area contributed by atoms with Crippen LogP contribution < -0.4 is 20.7 Å². The van der Waals surface area contributed by atoms with Gasteiger partial charge in [0.1, 0.15) is 5.35 Å². The first-order valence-corrected chi connectivity index (χ1v) is 13.8. The third kappa shape index (κ3) is 6.80. The molecule has 3 N–H and O–H groups in total. The lowest BCUT2D eigenvalue weighted by Crippen LogP contribution is -2.37. The van der Waals surface area contributed by atoms with Crippen LogP contribution in [0.5, 0.6) is 5.75 Å². The number of fused-ring (bicyclic) bond motifs is 1. The van der Waals surface area contributed by atoms with Crippen LogP contribution in [0.2, 0.25) is 0 Å². The summed E-state index contributed by atoms with van der Waals surface area (Å²) in [5, 5.41) is 22.5. The molecule has 1 fully saturated rings.